The van der Waals surface area contributed by atoms with Crippen LogP contribution in [-0.4, -0.2) is 29.1 Å². The highest BCUT2D eigenvalue weighted by atomic mass is 35.5. The highest BCUT2D eigenvalue weighted by Gasteiger charge is 2.23. The third-order valence-electron chi connectivity index (χ3n) is 4.47. The van der Waals surface area contributed by atoms with Crippen molar-refractivity contribution in [2.75, 3.05) is 7.11 Å². The van der Waals surface area contributed by atoms with Crippen LogP contribution >= 0.6 is 11.6 Å². The van der Waals surface area contributed by atoms with Gasteiger partial charge < -0.3 is 15.2 Å². The molecule has 1 amide bonds. The van der Waals surface area contributed by atoms with E-state index in [2.05, 4.69) is 10.3 Å². The van der Waals surface area contributed by atoms with Crippen LogP contribution < -0.4 is 10.1 Å². The van der Waals surface area contributed by atoms with Crippen LogP contribution in [0.2, 0.25) is 5.02 Å². The maximum atomic E-state index is 14.2. The highest BCUT2D eigenvalue weighted by molar-refractivity contribution is 6.30. The number of amides is 1. The molecule has 0 aliphatic heterocycles. The van der Waals surface area contributed by atoms with Gasteiger partial charge in [0.1, 0.15) is 28.8 Å². The molecule has 9 heteroatoms. The van der Waals surface area contributed by atoms with E-state index in [0.717, 1.165) is 6.07 Å². The molecular weight excluding hydrogens is 430 g/mol. The summed E-state index contributed by atoms with van der Waals surface area (Å²) < 4.78 is 33.3. The number of nitrogens with one attached hydrogen (secondary N) is 1. The highest BCUT2D eigenvalue weighted by Crippen LogP contribution is 2.30. The van der Waals surface area contributed by atoms with Gasteiger partial charge in [-0.15, -0.1) is 0 Å². The van der Waals surface area contributed by atoms with Crippen molar-refractivity contribution < 1.29 is 28.2 Å². The Morgan fingerprint density at radius 2 is 1.87 bits per heavy atom. The van der Waals surface area contributed by atoms with Crippen molar-refractivity contribution in [2.24, 2.45) is 0 Å². The van der Waals surface area contributed by atoms with E-state index < -0.39 is 36.0 Å². The van der Waals surface area contributed by atoms with E-state index in [-0.39, 0.29) is 27.7 Å². The van der Waals surface area contributed by atoms with E-state index >= 15 is 0 Å². The largest absolute Gasteiger partial charge is 0.494 e. The molecule has 0 bridgehead atoms. The Morgan fingerprint density at radius 3 is 2.52 bits per heavy atom. The third kappa shape index (κ3) is 5.16. The molecule has 0 aliphatic rings. The van der Waals surface area contributed by atoms with E-state index in [4.69, 9.17) is 16.3 Å². The van der Waals surface area contributed by atoms with Gasteiger partial charge in [0.05, 0.1) is 24.6 Å². The van der Waals surface area contributed by atoms with Crippen molar-refractivity contribution in [2.45, 2.75) is 12.5 Å². The number of aromatic nitrogens is 1. The molecule has 0 spiro atoms. The van der Waals surface area contributed by atoms with Gasteiger partial charge in [-0.05, 0) is 30.3 Å². The Labute approximate surface area is 181 Å². The number of hydrogen-bond donors (Lipinski definition) is 2. The average molecular weight is 447 g/mol. The molecular formula is C22H17ClF2N2O4. The smallest absolute Gasteiger partial charge is 0.305 e. The predicted molar refractivity (Wildman–Crippen MR) is 110 cm³/mol. The number of aliphatic carboxylic acids is 1. The molecule has 1 aromatic heterocycles. The fourth-order valence-electron chi connectivity index (χ4n) is 2.99. The molecule has 0 saturated heterocycles. The first kappa shape index (κ1) is 22.2. The van der Waals surface area contributed by atoms with Gasteiger partial charge in [-0.25, -0.2) is 13.8 Å². The SMILES string of the molecule is COc1ccc(C(=O)NC(CC(=O)O)c2ccccc2F)nc1-c1ccc(Cl)c(F)c1. The lowest BCUT2D eigenvalue weighted by atomic mass is 10.0. The Morgan fingerprint density at radius 1 is 1.13 bits per heavy atom. The van der Waals surface area contributed by atoms with Crippen LogP contribution in [0.4, 0.5) is 8.78 Å². The molecule has 0 radical (unpaired) electrons. The van der Waals surface area contributed by atoms with Crippen molar-refractivity contribution in [1.29, 1.82) is 0 Å². The molecule has 31 heavy (non-hydrogen) atoms. The lowest BCUT2D eigenvalue weighted by Crippen LogP contribution is -2.31. The average Bonchev–Trinajstić information content (AvgIpc) is 2.74. The number of carboxylic acid groups (broad SMARTS) is 1. The summed E-state index contributed by atoms with van der Waals surface area (Å²) in [5.74, 6) is -2.97. The quantitative estimate of drug-likeness (QED) is 0.552. The van der Waals surface area contributed by atoms with Crippen LogP contribution in [0.15, 0.2) is 54.6 Å². The number of methoxy groups -OCH3 is 1. The molecule has 0 fully saturated rings. The molecule has 1 heterocycles. The lowest BCUT2D eigenvalue weighted by molar-refractivity contribution is -0.137. The van der Waals surface area contributed by atoms with E-state index in [1.807, 2.05) is 0 Å². The number of halogens is 3. The minimum atomic E-state index is -1.21. The Balaban J connectivity index is 1.95. The van der Waals surface area contributed by atoms with Crippen molar-refractivity contribution in [3.8, 4) is 17.0 Å². The van der Waals surface area contributed by atoms with Crippen molar-refractivity contribution >= 4 is 23.5 Å². The number of benzene rings is 2. The van der Waals surface area contributed by atoms with Gasteiger partial charge in [-0.3, -0.25) is 9.59 Å². The summed E-state index contributed by atoms with van der Waals surface area (Å²) in [5, 5.41) is 11.6. The van der Waals surface area contributed by atoms with Gasteiger partial charge in [0.25, 0.3) is 5.91 Å². The number of hydrogen-bond acceptors (Lipinski definition) is 4. The molecule has 3 aromatic rings. The van der Waals surface area contributed by atoms with E-state index in [9.17, 15) is 23.5 Å². The first-order valence-electron chi connectivity index (χ1n) is 9.07. The van der Waals surface area contributed by atoms with Crippen LogP contribution in [0.25, 0.3) is 11.3 Å². The minimum Gasteiger partial charge on any atom is -0.494 e. The molecule has 160 valence electrons. The molecule has 0 saturated carbocycles. The van der Waals surface area contributed by atoms with Gasteiger partial charge in [-0.1, -0.05) is 35.9 Å². The first-order chi connectivity index (χ1) is 14.8. The summed E-state index contributed by atoms with van der Waals surface area (Å²) in [4.78, 5) is 28.3. The van der Waals surface area contributed by atoms with Gasteiger partial charge in [0, 0.05) is 11.1 Å². The van der Waals surface area contributed by atoms with Crippen molar-refractivity contribution in [3.63, 3.8) is 0 Å². The van der Waals surface area contributed by atoms with Gasteiger partial charge in [0.15, 0.2) is 0 Å². The van der Waals surface area contributed by atoms with Crippen LogP contribution in [0.5, 0.6) is 5.75 Å². The Bertz CT molecular complexity index is 1140. The summed E-state index contributed by atoms with van der Waals surface area (Å²) in [6.07, 6.45) is -0.530. The van der Waals surface area contributed by atoms with Crippen LogP contribution in [0.3, 0.4) is 0 Å². The van der Waals surface area contributed by atoms with Gasteiger partial charge >= 0.3 is 5.97 Å². The molecule has 3 rings (SSSR count). The monoisotopic (exact) mass is 446 g/mol. The number of carbonyl (C=O) groups is 2. The molecule has 1 unspecified atom stereocenters. The van der Waals surface area contributed by atoms with E-state index in [1.54, 1.807) is 0 Å². The Kier molecular flexibility index (Phi) is 6.81. The maximum absolute atomic E-state index is 14.2. The lowest BCUT2D eigenvalue weighted by Gasteiger charge is -2.18. The summed E-state index contributed by atoms with van der Waals surface area (Å²) in [5.41, 5.74) is 0.459. The van der Waals surface area contributed by atoms with E-state index in [0.29, 0.717) is 5.56 Å². The standard InChI is InChI=1S/C22H17ClF2N2O4/c1-31-19-9-8-17(26-21(19)12-6-7-14(23)16(25)10-12)22(30)27-18(11-20(28)29)13-4-2-3-5-15(13)24/h2-10,18H,11H2,1H3,(H,27,30)(H,28,29). The normalized spacial score (nSPS) is 11.6. The van der Waals surface area contributed by atoms with Crippen LogP contribution in [0, 0.1) is 11.6 Å². The summed E-state index contributed by atoms with van der Waals surface area (Å²) in [6, 6.07) is 11.3. The number of pyridine rings is 1. The second-order valence-corrected chi connectivity index (χ2v) is 6.93. The molecule has 2 N–H and O–H groups in total. The number of nitrogens with zero attached hydrogens (tertiary/aromatic N) is 1. The summed E-state index contributed by atoms with van der Waals surface area (Å²) in [7, 11) is 1.40. The fourth-order valence-corrected chi connectivity index (χ4v) is 3.11. The molecule has 2 aromatic carbocycles. The van der Waals surface area contributed by atoms with Crippen LogP contribution in [-0.2, 0) is 4.79 Å². The van der Waals surface area contributed by atoms with Crippen molar-refractivity contribution in [3.05, 3.63) is 82.5 Å². The number of carbonyl (C=O) groups excluding carboxylic acids is 1. The number of carboxylic acids is 1. The molecule has 0 aliphatic carbocycles. The predicted octanol–water partition coefficient (Wildman–Crippen LogP) is 4.63. The zero-order valence-electron chi connectivity index (χ0n) is 16.2. The molecule has 6 nitrogen and oxygen atoms in total. The molecule has 1 atom stereocenters. The van der Waals surface area contributed by atoms with Crippen molar-refractivity contribution in [1.82, 2.24) is 10.3 Å². The number of rotatable bonds is 7. The third-order valence-corrected chi connectivity index (χ3v) is 4.78. The topological polar surface area (TPSA) is 88.5 Å². The second-order valence-electron chi connectivity index (χ2n) is 6.52. The van der Waals surface area contributed by atoms with Gasteiger partial charge in [0.2, 0.25) is 0 Å². The fraction of sp³-hybridized carbons (Fsp3) is 0.136. The van der Waals surface area contributed by atoms with Gasteiger partial charge in [-0.2, -0.15) is 0 Å². The Hall–Kier alpha value is -3.52. The minimum absolute atomic E-state index is 0.0340. The second kappa shape index (κ2) is 9.53. The zero-order chi connectivity index (χ0) is 22.5. The number of ether oxygens (including phenoxy) is 1. The summed E-state index contributed by atoms with van der Waals surface area (Å²) in [6.45, 7) is 0. The van der Waals surface area contributed by atoms with E-state index in [1.165, 1.54) is 55.6 Å². The van der Waals surface area contributed by atoms with Crippen LogP contribution in [0.1, 0.15) is 28.5 Å². The summed E-state index contributed by atoms with van der Waals surface area (Å²) >= 11 is 5.72. The first-order valence-corrected chi connectivity index (χ1v) is 9.45. The maximum Gasteiger partial charge on any atom is 0.305 e. The zero-order valence-corrected chi connectivity index (χ0v) is 17.0.